The van der Waals surface area contributed by atoms with Gasteiger partial charge in [0.05, 0.1) is 16.9 Å². The number of para-hydroxylation sites is 1. The smallest absolute Gasteiger partial charge is 0.254 e. The summed E-state index contributed by atoms with van der Waals surface area (Å²) < 4.78 is 1.98. The molecule has 0 saturated carbocycles. The van der Waals surface area contributed by atoms with Crippen molar-refractivity contribution in [3.63, 3.8) is 0 Å². The van der Waals surface area contributed by atoms with Gasteiger partial charge in [0.2, 0.25) is 11.8 Å². The Morgan fingerprint density at radius 3 is 2.79 bits per heavy atom. The number of aryl methyl sites for hydroxylation is 1. The fourth-order valence-corrected chi connectivity index (χ4v) is 3.41. The Hall–Kier alpha value is -3.61. The molecular weight excluding hydrogens is 356 g/mol. The molecule has 1 atom stereocenters. The van der Waals surface area contributed by atoms with Gasteiger partial charge in [-0.3, -0.25) is 14.4 Å². The number of nitrogens with one attached hydrogen (secondary N) is 3. The van der Waals surface area contributed by atoms with E-state index in [1.165, 1.54) is 0 Å². The highest BCUT2D eigenvalue weighted by atomic mass is 16.2. The summed E-state index contributed by atoms with van der Waals surface area (Å²) in [6.45, 7) is 0. The van der Waals surface area contributed by atoms with E-state index in [9.17, 15) is 14.4 Å². The number of anilines is 2. The predicted molar refractivity (Wildman–Crippen MR) is 107 cm³/mol. The Balaban J connectivity index is 1.42. The van der Waals surface area contributed by atoms with Gasteiger partial charge in [-0.25, -0.2) is 0 Å². The first-order chi connectivity index (χ1) is 13.5. The quantitative estimate of drug-likeness (QED) is 0.654. The number of carbonyl (C=O) groups is 3. The van der Waals surface area contributed by atoms with Crippen molar-refractivity contribution in [3.8, 4) is 0 Å². The molecule has 0 saturated heterocycles. The predicted octanol–water partition coefficient (Wildman–Crippen LogP) is 2.65. The third-order valence-electron chi connectivity index (χ3n) is 4.91. The third kappa shape index (κ3) is 3.34. The molecule has 0 fully saturated rings. The molecule has 1 unspecified atom stereocenters. The van der Waals surface area contributed by atoms with Crippen molar-refractivity contribution >= 4 is 40.0 Å². The molecule has 3 N–H and O–H groups in total. The van der Waals surface area contributed by atoms with Crippen LogP contribution in [0.4, 0.5) is 11.4 Å². The Morgan fingerprint density at radius 2 is 1.93 bits per heavy atom. The first-order valence-corrected chi connectivity index (χ1v) is 9.07. The maximum atomic E-state index is 12.4. The summed E-state index contributed by atoms with van der Waals surface area (Å²) in [5, 5.41) is 9.30. The number of carbonyl (C=O) groups excluding carboxylic acids is 3. The van der Waals surface area contributed by atoms with Gasteiger partial charge >= 0.3 is 0 Å². The van der Waals surface area contributed by atoms with Crippen LogP contribution in [0.5, 0.6) is 0 Å². The molecule has 1 aliphatic heterocycles. The maximum Gasteiger partial charge on any atom is 0.254 e. The molecule has 0 spiro atoms. The number of fused-ring (bicyclic) bond motifs is 2. The van der Waals surface area contributed by atoms with Crippen LogP contribution in [0.25, 0.3) is 10.9 Å². The summed E-state index contributed by atoms with van der Waals surface area (Å²) in [7, 11) is 1.94. The van der Waals surface area contributed by atoms with E-state index in [1.54, 1.807) is 24.3 Å². The summed E-state index contributed by atoms with van der Waals surface area (Å²) >= 11 is 0. The van der Waals surface area contributed by atoms with Crippen LogP contribution in [0, 0.1) is 0 Å². The van der Waals surface area contributed by atoms with Crippen molar-refractivity contribution in [3.05, 3.63) is 60.3 Å². The fourth-order valence-electron chi connectivity index (χ4n) is 3.41. The molecule has 2 heterocycles. The van der Waals surface area contributed by atoms with Gasteiger partial charge in [0.25, 0.3) is 5.91 Å². The van der Waals surface area contributed by atoms with Gasteiger partial charge in [0.15, 0.2) is 0 Å². The largest absolute Gasteiger partial charge is 0.350 e. The van der Waals surface area contributed by atoms with Crippen molar-refractivity contribution in [2.24, 2.45) is 7.05 Å². The van der Waals surface area contributed by atoms with Crippen LogP contribution in [0.15, 0.2) is 54.7 Å². The number of benzene rings is 2. The number of amides is 3. The standard InChI is InChI=1S/C21H20N4O3/c1-25-12-11-13-15(7-4-8-18(13)25)22-19(26)10-9-17-21(28)23-16-6-3-2-5-14(16)20(27)24-17/h2-8,11-12,17H,9-10H2,1H3,(H,22,26)(H,23,28)(H,24,27). The zero-order valence-corrected chi connectivity index (χ0v) is 15.4. The van der Waals surface area contributed by atoms with Gasteiger partial charge in [-0.15, -0.1) is 0 Å². The molecule has 2 aromatic carbocycles. The second kappa shape index (κ2) is 7.19. The normalized spacial score (nSPS) is 16.1. The topological polar surface area (TPSA) is 92.2 Å². The summed E-state index contributed by atoms with van der Waals surface area (Å²) in [4.78, 5) is 37.2. The number of nitrogens with zero attached hydrogens (tertiary/aromatic N) is 1. The molecule has 142 valence electrons. The molecule has 1 aromatic heterocycles. The van der Waals surface area contributed by atoms with Gasteiger partial charge in [-0.2, -0.15) is 0 Å². The molecule has 0 aliphatic carbocycles. The molecule has 0 bridgehead atoms. The number of hydrogen-bond acceptors (Lipinski definition) is 3. The Morgan fingerprint density at radius 1 is 1.11 bits per heavy atom. The van der Waals surface area contributed by atoms with E-state index in [4.69, 9.17) is 0 Å². The van der Waals surface area contributed by atoms with Crippen LogP contribution in [-0.4, -0.2) is 28.3 Å². The summed E-state index contributed by atoms with van der Waals surface area (Å²) in [5.41, 5.74) is 2.64. The third-order valence-corrected chi connectivity index (χ3v) is 4.91. The van der Waals surface area contributed by atoms with Crippen LogP contribution in [0.2, 0.25) is 0 Å². The number of aromatic nitrogens is 1. The van der Waals surface area contributed by atoms with Crippen molar-refractivity contribution < 1.29 is 14.4 Å². The van der Waals surface area contributed by atoms with Crippen LogP contribution in [0.1, 0.15) is 23.2 Å². The van der Waals surface area contributed by atoms with E-state index in [0.29, 0.717) is 11.3 Å². The Kier molecular flexibility index (Phi) is 4.57. The summed E-state index contributed by atoms with van der Waals surface area (Å²) in [5.74, 6) is -0.857. The van der Waals surface area contributed by atoms with Gasteiger partial charge in [-0.1, -0.05) is 18.2 Å². The summed E-state index contributed by atoms with van der Waals surface area (Å²) in [6.07, 6.45) is 2.25. The van der Waals surface area contributed by atoms with Gasteiger partial charge in [-0.05, 0) is 36.8 Å². The lowest BCUT2D eigenvalue weighted by atomic mass is 10.1. The molecule has 4 rings (SSSR count). The molecule has 3 aromatic rings. The van der Waals surface area contributed by atoms with E-state index in [2.05, 4.69) is 16.0 Å². The lowest BCUT2D eigenvalue weighted by Crippen LogP contribution is -2.41. The average Bonchev–Trinajstić information content (AvgIpc) is 3.01. The van der Waals surface area contributed by atoms with E-state index < -0.39 is 6.04 Å². The van der Waals surface area contributed by atoms with E-state index >= 15 is 0 Å². The molecular formula is C21H20N4O3. The van der Waals surface area contributed by atoms with Crippen LogP contribution in [0.3, 0.4) is 0 Å². The minimum absolute atomic E-state index is 0.109. The highest BCUT2D eigenvalue weighted by molar-refractivity contribution is 6.10. The van der Waals surface area contributed by atoms with Crippen molar-refractivity contribution in [2.75, 3.05) is 10.6 Å². The molecule has 0 radical (unpaired) electrons. The van der Waals surface area contributed by atoms with Gasteiger partial charge < -0.3 is 20.5 Å². The van der Waals surface area contributed by atoms with E-state index in [0.717, 1.165) is 16.6 Å². The first-order valence-electron chi connectivity index (χ1n) is 9.07. The Labute approximate surface area is 161 Å². The zero-order valence-electron chi connectivity index (χ0n) is 15.4. The summed E-state index contributed by atoms with van der Waals surface area (Å²) in [6, 6.07) is 13.7. The lowest BCUT2D eigenvalue weighted by molar-refractivity contribution is -0.118. The minimum Gasteiger partial charge on any atom is -0.350 e. The van der Waals surface area contributed by atoms with Crippen molar-refractivity contribution in [1.82, 2.24) is 9.88 Å². The number of hydrogen-bond donors (Lipinski definition) is 3. The second-order valence-electron chi connectivity index (χ2n) is 6.81. The highest BCUT2D eigenvalue weighted by Gasteiger charge is 2.27. The molecule has 7 nitrogen and oxygen atoms in total. The van der Waals surface area contributed by atoms with Crippen molar-refractivity contribution in [1.29, 1.82) is 0 Å². The van der Waals surface area contributed by atoms with Crippen molar-refractivity contribution in [2.45, 2.75) is 18.9 Å². The van der Waals surface area contributed by atoms with Crippen LogP contribution < -0.4 is 16.0 Å². The Bertz CT molecular complexity index is 1090. The number of rotatable bonds is 4. The molecule has 7 heteroatoms. The van der Waals surface area contributed by atoms with Gasteiger partial charge in [0, 0.05) is 30.6 Å². The highest BCUT2D eigenvalue weighted by Crippen LogP contribution is 2.24. The van der Waals surface area contributed by atoms with E-state index in [-0.39, 0.29) is 30.6 Å². The van der Waals surface area contributed by atoms with Crippen LogP contribution in [-0.2, 0) is 16.6 Å². The van der Waals surface area contributed by atoms with Gasteiger partial charge in [0.1, 0.15) is 6.04 Å². The average molecular weight is 376 g/mol. The fraction of sp³-hybridized carbons (Fsp3) is 0.190. The first kappa shape index (κ1) is 17.8. The van der Waals surface area contributed by atoms with E-state index in [1.807, 2.05) is 42.1 Å². The lowest BCUT2D eigenvalue weighted by Gasteiger charge is -2.14. The van der Waals surface area contributed by atoms with Crippen LogP contribution >= 0.6 is 0 Å². The maximum absolute atomic E-state index is 12.4. The SMILES string of the molecule is Cn1ccc2c(NC(=O)CCC3NC(=O)c4ccccc4NC3=O)cccc21. The minimum atomic E-state index is -0.766. The second-order valence-corrected chi connectivity index (χ2v) is 6.81. The molecule has 3 amide bonds. The zero-order chi connectivity index (χ0) is 19.7. The molecule has 1 aliphatic rings. The molecule has 28 heavy (non-hydrogen) atoms. The monoisotopic (exact) mass is 376 g/mol.